The van der Waals surface area contributed by atoms with Gasteiger partial charge in [0.25, 0.3) is 0 Å². The molecular formula is C6H15N3O3S. The molecule has 1 rings (SSSR count). The Morgan fingerprint density at radius 1 is 1.38 bits per heavy atom. The largest absolute Gasteiger partial charge is 0.314 e. The molecule has 0 aromatic heterocycles. The lowest BCUT2D eigenvalue weighted by Gasteiger charge is -2.29. The zero-order chi connectivity index (χ0) is 9.90. The summed E-state index contributed by atoms with van der Waals surface area (Å²) < 4.78 is 25.5. The minimum absolute atomic E-state index is 0.496. The zero-order valence-corrected chi connectivity index (χ0v) is 8.67. The smallest absolute Gasteiger partial charge is 0.303 e. The fourth-order valence-electron chi connectivity index (χ4n) is 1.13. The first kappa shape index (κ1) is 10.9. The lowest BCUT2D eigenvalue weighted by molar-refractivity contribution is -0.0319. The topological polar surface area (TPSA) is 61.9 Å². The molecular weight excluding hydrogens is 194 g/mol. The lowest BCUT2D eigenvalue weighted by Crippen LogP contribution is -2.50. The summed E-state index contributed by atoms with van der Waals surface area (Å²) in [6.07, 6.45) is 0. The lowest BCUT2D eigenvalue weighted by atomic mass is 10.4. The van der Waals surface area contributed by atoms with Gasteiger partial charge in [-0.15, -0.1) is 0 Å². The van der Waals surface area contributed by atoms with E-state index in [4.69, 9.17) is 0 Å². The predicted octanol–water partition coefficient (Wildman–Crippen LogP) is -1.37. The van der Waals surface area contributed by atoms with Gasteiger partial charge in [-0.05, 0) is 0 Å². The van der Waals surface area contributed by atoms with Crippen molar-refractivity contribution in [3.05, 3.63) is 0 Å². The molecule has 7 heteroatoms. The highest BCUT2D eigenvalue weighted by Crippen LogP contribution is 2.06. The first-order valence-electron chi connectivity index (χ1n) is 4.08. The van der Waals surface area contributed by atoms with Crippen molar-refractivity contribution in [1.29, 1.82) is 0 Å². The van der Waals surface area contributed by atoms with Gasteiger partial charge in [0.2, 0.25) is 0 Å². The summed E-state index contributed by atoms with van der Waals surface area (Å²) in [5.41, 5.74) is 0. The quantitative estimate of drug-likeness (QED) is 0.583. The maximum atomic E-state index is 11.6. The van der Waals surface area contributed by atoms with E-state index in [0.29, 0.717) is 26.2 Å². The maximum absolute atomic E-state index is 11.6. The van der Waals surface area contributed by atoms with Crippen LogP contribution in [-0.4, -0.2) is 57.5 Å². The summed E-state index contributed by atoms with van der Waals surface area (Å²) in [4.78, 5) is 4.65. The van der Waals surface area contributed by atoms with E-state index in [9.17, 15) is 8.42 Å². The summed E-state index contributed by atoms with van der Waals surface area (Å²) in [5.74, 6) is 0. The molecule has 13 heavy (non-hydrogen) atoms. The van der Waals surface area contributed by atoms with E-state index < -0.39 is 10.2 Å². The van der Waals surface area contributed by atoms with Crippen LogP contribution in [0.1, 0.15) is 0 Å². The molecule has 6 nitrogen and oxygen atoms in total. The van der Waals surface area contributed by atoms with Crippen LogP contribution >= 0.6 is 0 Å². The SMILES string of the molecule is CON(C)S(=O)(=O)N1CCNCC1. The number of piperazine rings is 1. The Bertz CT molecular complexity index is 248. The van der Waals surface area contributed by atoms with Crippen molar-refractivity contribution in [3.8, 4) is 0 Å². The van der Waals surface area contributed by atoms with Gasteiger partial charge in [0, 0.05) is 33.2 Å². The first-order chi connectivity index (χ1) is 6.09. The van der Waals surface area contributed by atoms with E-state index in [0.717, 1.165) is 4.47 Å². The van der Waals surface area contributed by atoms with Crippen molar-refractivity contribution in [2.24, 2.45) is 0 Å². The number of hydrogen-bond donors (Lipinski definition) is 1. The van der Waals surface area contributed by atoms with Crippen molar-refractivity contribution in [2.45, 2.75) is 0 Å². The molecule has 0 aromatic rings. The fraction of sp³-hybridized carbons (Fsp3) is 1.00. The molecule has 1 N–H and O–H groups in total. The van der Waals surface area contributed by atoms with Crippen molar-refractivity contribution < 1.29 is 13.3 Å². The van der Waals surface area contributed by atoms with Gasteiger partial charge in [0.1, 0.15) is 0 Å². The Balaban J connectivity index is 2.67. The molecule has 78 valence electrons. The molecule has 1 fully saturated rings. The average Bonchev–Trinajstić information content (AvgIpc) is 2.18. The Morgan fingerprint density at radius 2 is 1.92 bits per heavy atom. The summed E-state index contributed by atoms with van der Waals surface area (Å²) >= 11 is 0. The molecule has 0 atom stereocenters. The van der Waals surface area contributed by atoms with Gasteiger partial charge in [0.15, 0.2) is 0 Å². The van der Waals surface area contributed by atoms with E-state index in [1.54, 1.807) is 0 Å². The molecule has 0 aliphatic carbocycles. The molecule has 0 aromatic carbocycles. The van der Waals surface area contributed by atoms with Gasteiger partial charge in [-0.3, -0.25) is 4.84 Å². The second kappa shape index (κ2) is 4.34. The number of hydrogen-bond acceptors (Lipinski definition) is 4. The van der Waals surface area contributed by atoms with Gasteiger partial charge in [0.05, 0.1) is 7.11 Å². The van der Waals surface area contributed by atoms with E-state index >= 15 is 0 Å². The van der Waals surface area contributed by atoms with Gasteiger partial charge < -0.3 is 5.32 Å². The molecule has 1 aliphatic rings. The van der Waals surface area contributed by atoms with Crippen LogP contribution in [0, 0.1) is 0 Å². The fourth-order valence-corrected chi connectivity index (χ4v) is 2.29. The highest BCUT2D eigenvalue weighted by atomic mass is 32.2. The van der Waals surface area contributed by atoms with E-state index in [1.807, 2.05) is 0 Å². The first-order valence-corrected chi connectivity index (χ1v) is 5.47. The third-order valence-electron chi connectivity index (χ3n) is 1.98. The number of rotatable bonds is 3. The zero-order valence-electron chi connectivity index (χ0n) is 7.86. The van der Waals surface area contributed by atoms with Crippen LogP contribution in [0.25, 0.3) is 0 Å². The second-order valence-electron chi connectivity index (χ2n) is 2.75. The molecule has 0 spiro atoms. The van der Waals surface area contributed by atoms with Crippen molar-refractivity contribution in [3.63, 3.8) is 0 Å². The molecule has 0 unspecified atom stereocenters. The van der Waals surface area contributed by atoms with Crippen molar-refractivity contribution >= 4 is 10.2 Å². The van der Waals surface area contributed by atoms with E-state index in [1.165, 1.54) is 18.5 Å². The van der Waals surface area contributed by atoms with Crippen LogP contribution in [0.3, 0.4) is 0 Å². The molecule has 0 bridgehead atoms. The van der Waals surface area contributed by atoms with Crippen LogP contribution in [0.15, 0.2) is 0 Å². The summed E-state index contributed by atoms with van der Waals surface area (Å²) in [7, 11) is -0.688. The average molecular weight is 209 g/mol. The molecule has 0 radical (unpaired) electrons. The Kier molecular flexibility index (Phi) is 3.63. The number of hydroxylamine groups is 1. The second-order valence-corrected chi connectivity index (χ2v) is 4.68. The minimum atomic E-state index is -3.41. The number of nitrogens with zero attached hydrogens (tertiary/aromatic N) is 2. The molecule has 1 saturated heterocycles. The standard InChI is InChI=1S/C6H15N3O3S/c1-8(12-2)13(10,11)9-5-3-7-4-6-9/h7H,3-6H2,1-2H3. The van der Waals surface area contributed by atoms with Crippen molar-refractivity contribution in [2.75, 3.05) is 40.3 Å². The monoisotopic (exact) mass is 209 g/mol. The van der Waals surface area contributed by atoms with E-state index in [2.05, 4.69) is 10.2 Å². The minimum Gasteiger partial charge on any atom is -0.314 e. The predicted molar refractivity (Wildman–Crippen MR) is 48.1 cm³/mol. The normalized spacial score (nSPS) is 20.8. The Hall–Kier alpha value is -0.210. The highest BCUT2D eigenvalue weighted by molar-refractivity contribution is 7.86. The van der Waals surface area contributed by atoms with Crippen LogP contribution in [0.4, 0.5) is 0 Å². The van der Waals surface area contributed by atoms with E-state index in [-0.39, 0.29) is 0 Å². The van der Waals surface area contributed by atoms with Crippen molar-refractivity contribution in [1.82, 2.24) is 14.1 Å². The molecule has 1 heterocycles. The number of nitrogens with one attached hydrogen (secondary N) is 1. The third-order valence-corrected chi connectivity index (χ3v) is 3.80. The van der Waals surface area contributed by atoms with Crippen LogP contribution in [0.5, 0.6) is 0 Å². The molecule has 0 saturated carbocycles. The summed E-state index contributed by atoms with van der Waals surface area (Å²) in [6.45, 7) is 2.37. The molecule has 0 amide bonds. The summed E-state index contributed by atoms with van der Waals surface area (Å²) in [6, 6.07) is 0. The highest BCUT2D eigenvalue weighted by Gasteiger charge is 2.27. The Labute approximate surface area is 78.6 Å². The van der Waals surface area contributed by atoms with Gasteiger partial charge in [-0.25, -0.2) is 0 Å². The molecule has 1 aliphatic heterocycles. The summed E-state index contributed by atoms with van der Waals surface area (Å²) in [5, 5.41) is 3.08. The van der Waals surface area contributed by atoms with Crippen LogP contribution in [0.2, 0.25) is 0 Å². The van der Waals surface area contributed by atoms with Gasteiger partial charge in [-0.1, -0.05) is 4.47 Å². The maximum Gasteiger partial charge on any atom is 0.303 e. The third kappa shape index (κ3) is 2.38. The van der Waals surface area contributed by atoms with Crippen LogP contribution in [-0.2, 0) is 15.0 Å². The van der Waals surface area contributed by atoms with Gasteiger partial charge in [-0.2, -0.15) is 12.7 Å². The van der Waals surface area contributed by atoms with Crippen LogP contribution < -0.4 is 5.32 Å². The van der Waals surface area contributed by atoms with Gasteiger partial charge >= 0.3 is 10.2 Å². The Morgan fingerprint density at radius 3 is 2.38 bits per heavy atom.